The molecule has 0 saturated heterocycles. The Morgan fingerprint density at radius 2 is 1.71 bits per heavy atom. The largest absolute Gasteiger partial charge is 0.444 e. The number of hydrogen-bond donors (Lipinski definition) is 2. The van der Waals surface area contributed by atoms with Crippen LogP contribution in [0.4, 0.5) is 4.79 Å². The van der Waals surface area contributed by atoms with Crippen LogP contribution in [0.5, 0.6) is 0 Å². The molecule has 166 valence electrons. The predicted octanol–water partition coefficient (Wildman–Crippen LogP) is 2.53. The lowest BCUT2D eigenvalue weighted by Crippen LogP contribution is -2.45. The van der Waals surface area contributed by atoms with Gasteiger partial charge in [0.2, 0.25) is 5.91 Å². The zero-order valence-electron chi connectivity index (χ0n) is 19.0. The number of rotatable bonds is 8. The summed E-state index contributed by atoms with van der Waals surface area (Å²) in [6.07, 6.45) is 0.334. The number of carbonyl (C=O) groups excluding carboxylic acids is 2. The summed E-state index contributed by atoms with van der Waals surface area (Å²) in [6.45, 7) is 13.1. The van der Waals surface area contributed by atoms with Crippen molar-refractivity contribution in [2.75, 3.05) is 40.8 Å². The highest BCUT2D eigenvalue weighted by Gasteiger charge is 2.22. The van der Waals surface area contributed by atoms with Crippen molar-refractivity contribution in [3.8, 4) is 0 Å². The van der Waals surface area contributed by atoms with Crippen molar-refractivity contribution in [2.24, 2.45) is 10.9 Å². The first-order chi connectivity index (χ1) is 12.4. The summed E-state index contributed by atoms with van der Waals surface area (Å²) < 4.78 is 5.36. The summed E-state index contributed by atoms with van der Waals surface area (Å²) in [6, 6.07) is -0.0198. The molecule has 8 nitrogen and oxygen atoms in total. The van der Waals surface area contributed by atoms with Gasteiger partial charge in [0.15, 0.2) is 5.96 Å². The number of aliphatic imine (C=N–C) groups is 1. The Labute approximate surface area is 187 Å². The summed E-state index contributed by atoms with van der Waals surface area (Å²) in [4.78, 5) is 31.7. The van der Waals surface area contributed by atoms with Gasteiger partial charge >= 0.3 is 6.09 Å². The quantitative estimate of drug-likeness (QED) is 0.296. The zero-order valence-corrected chi connectivity index (χ0v) is 21.3. The third-order valence-corrected chi connectivity index (χ3v) is 3.84. The second kappa shape index (κ2) is 13.8. The smallest absolute Gasteiger partial charge is 0.407 e. The van der Waals surface area contributed by atoms with Crippen LogP contribution in [0.2, 0.25) is 0 Å². The molecule has 0 aliphatic carbocycles. The number of nitrogens with one attached hydrogen (secondary N) is 2. The van der Waals surface area contributed by atoms with Crippen LogP contribution in [0.1, 0.15) is 48.0 Å². The zero-order chi connectivity index (χ0) is 21.2. The number of halogens is 1. The van der Waals surface area contributed by atoms with Gasteiger partial charge in [0.05, 0.1) is 0 Å². The van der Waals surface area contributed by atoms with Crippen molar-refractivity contribution in [1.82, 2.24) is 20.4 Å². The minimum atomic E-state index is -0.522. The molecule has 0 aromatic rings. The summed E-state index contributed by atoms with van der Waals surface area (Å²) in [5.74, 6) is 0.888. The highest BCUT2D eigenvalue weighted by molar-refractivity contribution is 14.0. The van der Waals surface area contributed by atoms with Crippen molar-refractivity contribution < 1.29 is 14.3 Å². The number of likely N-dealkylation sites (N-methyl/N-ethyl adjacent to an activating group) is 1. The second-order valence-electron chi connectivity index (χ2n) is 8.17. The molecule has 0 spiro atoms. The SMILES string of the molecule is CCNC(=NCC(=O)N(C)C)N(C)CCC(NC(=O)OC(C)(C)C)C(C)C.I. The highest BCUT2D eigenvalue weighted by Crippen LogP contribution is 2.11. The van der Waals surface area contributed by atoms with Crippen LogP contribution in [-0.2, 0) is 9.53 Å². The van der Waals surface area contributed by atoms with Crippen LogP contribution in [0.3, 0.4) is 0 Å². The van der Waals surface area contributed by atoms with Crippen LogP contribution < -0.4 is 10.6 Å². The van der Waals surface area contributed by atoms with E-state index < -0.39 is 11.7 Å². The molecule has 28 heavy (non-hydrogen) atoms. The van der Waals surface area contributed by atoms with E-state index in [1.807, 2.05) is 39.6 Å². The molecule has 1 unspecified atom stereocenters. The first kappa shape index (κ1) is 28.9. The molecule has 2 N–H and O–H groups in total. The Morgan fingerprint density at radius 3 is 2.14 bits per heavy atom. The van der Waals surface area contributed by atoms with E-state index in [1.54, 1.807) is 14.1 Å². The van der Waals surface area contributed by atoms with Crippen molar-refractivity contribution in [3.63, 3.8) is 0 Å². The third-order valence-electron chi connectivity index (χ3n) is 3.84. The van der Waals surface area contributed by atoms with Crippen molar-refractivity contribution >= 4 is 41.9 Å². The molecule has 0 fully saturated rings. The van der Waals surface area contributed by atoms with Crippen molar-refractivity contribution in [2.45, 2.75) is 59.6 Å². The minimum absolute atomic E-state index is 0. The molecule has 0 aliphatic rings. The average molecular weight is 513 g/mol. The number of amides is 2. The fourth-order valence-electron chi connectivity index (χ4n) is 2.22. The third kappa shape index (κ3) is 13.0. The Kier molecular flexibility index (Phi) is 14.3. The molecule has 0 aliphatic heterocycles. The van der Waals surface area contributed by atoms with Crippen molar-refractivity contribution in [3.05, 3.63) is 0 Å². The number of guanidine groups is 1. The monoisotopic (exact) mass is 513 g/mol. The first-order valence-electron chi connectivity index (χ1n) is 9.56. The van der Waals surface area contributed by atoms with Gasteiger partial charge in [-0.3, -0.25) is 4.79 Å². The lowest BCUT2D eigenvalue weighted by molar-refractivity contribution is -0.127. The maximum Gasteiger partial charge on any atom is 0.407 e. The van der Waals surface area contributed by atoms with Gasteiger partial charge in [-0.15, -0.1) is 24.0 Å². The highest BCUT2D eigenvalue weighted by atomic mass is 127. The van der Waals surface area contributed by atoms with E-state index in [-0.39, 0.29) is 48.4 Å². The van der Waals surface area contributed by atoms with E-state index in [0.29, 0.717) is 19.0 Å². The molecule has 9 heteroatoms. The predicted molar refractivity (Wildman–Crippen MR) is 125 cm³/mol. The number of nitrogens with zero attached hydrogens (tertiary/aromatic N) is 3. The normalized spacial score (nSPS) is 12.7. The Morgan fingerprint density at radius 1 is 1.14 bits per heavy atom. The molecule has 2 amide bonds. The summed E-state index contributed by atoms with van der Waals surface area (Å²) in [7, 11) is 5.35. The summed E-state index contributed by atoms with van der Waals surface area (Å²) >= 11 is 0. The van der Waals surface area contributed by atoms with Gasteiger partial charge in [0.1, 0.15) is 12.1 Å². The van der Waals surface area contributed by atoms with Gasteiger partial charge in [0, 0.05) is 40.3 Å². The van der Waals surface area contributed by atoms with E-state index >= 15 is 0 Å². The molecule has 0 radical (unpaired) electrons. The molecule has 0 rings (SSSR count). The minimum Gasteiger partial charge on any atom is -0.444 e. The molecule has 0 aromatic carbocycles. The van der Waals surface area contributed by atoms with Crippen LogP contribution in [0.15, 0.2) is 4.99 Å². The maximum absolute atomic E-state index is 12.1. The summed E-state index contributed by atoms with van der Waals surface area (Å²) in [5, 5.41) is 6.15. The van der Waals surface area contributed by atoms with Gasteiger partial charge in [-0.1, -0.05) is 13.8 Å². The maximum atomic E-state index is 12.1. The molecule has 0 bridgehead atoms. The van der Waals surface area contributed by atoms with Crippen LogP contribution >= 0.6 is 24.0 Å². The molecule has 0 saturated carbocycles. The molecule has 1 atom stereocenters. The molecular weight excluding hydrogens is 473 g/mol. The number of alkyl carbamates (subject to hydrolysis) is 1. The molecule has 0 aromatic heterocycles. The lowest BCUT2D eigenvalue weighted by atomic mass is 10.0. The van der Waals surface area contributed by atoms with Crippen LogP contribution in [-0.4, -0.2) is 80.2 Å². The Hall–Kier alpha value is -1.26. The van der Waals surface area contributed by atoms with Gasteiger partial charge in [-0.2, -0.15) is 0 Å². The molecule has 0 heterocycles. The Bertz CT molecular complexity index is 504. The molecular formula is C19H40IN5O3. The standard InChI is InChI=1S/C19H39N5O3.HI/c1-10-20-17(21-13-16(25)23(7)8)24(9)12-11-15(14(2)3)22-18(26)27-19(4,5)6;/h14-15H,10-13H2,1-9H3,(H,20,21)(H,22,26);1H. The fraction of sp³-hybridized carbons (Fsp3) is 0.842. The first-order valence-corrected chi connectivity index (χ1v) is 9.56. The summed E-state index contributed by atoms with van der Waals surface area (Å²) in [5.41, 5.74) is -0.522. The van der Waals surface area contributed by atoms with E-state index in [9.17, 15) is 9.59 Å². The van der Waals surface area contributed by atoms with E-state index in [0.717, 1.165) is 6.42 Å². The second-order valence-corrected chi connectivity index (χ2v) is 8.17. The van der Waals surface area contributed by atoms with E-state index in [1.165, 1.54) is 4.90 Å². The Balaban J connectivity index is 0. The number of ether oxygens (including phenoxy) is 1. The average Bonchev–Trinajstić information content (AvgIpc) is 2.52. The topological polar surface area (TPSA) is 86.3 Å². The van der Waals surface area contributed by atoms with Gasteiger partial charge in [-0.05, 0) is 40.0 Å². The van der Waals surface area contributed by atoms with E-state index in [4.69, 9.17) is 4.74 Å². The number of carbonyl (C=O) groups is 2. The number of hydrogen-bond acceptors (Lipinski definition) is 4. The van der Waals surface area contributed by atoms with Gasteiger partial charge < -0.3 is 25.2 Å². The van der Waals surface area contributed by atoms with E-state index in [2.05, 4.69) is 29.5 Å². The van der Waals surface area contributed by atoms with Crippen molar-refractivity contribution in [1.29, 1.82) is 0 Å². The van der Waals surface area contributed by atoms with Gasteiger partial charge in [-0.25, -0.2) is 9.79 Å². The van der Waals surface area contributed by atoms with Gasteiger partial charge in [0.25, 0.3) is 0 Å². The fourth-order valence-corrected chi connectivity index (χ4v) is 2.22. The van der Waals surface area contributed by atoms with Crippen LogP contribution in [0.25, 0.3) is 0 Å². The lowest BCUT2D eigenvalue weighted by Gasteiger charge is -2.28. The van der Waals surface area contributed by atoms with Crippen LogP contribution in [0, 0.1) is 5.92 Å².